The maximum absolute atomic E-state index is 12.5. The Hall–Kier alpha value is -3.23. The standard InChI is InChI=1S/C22H21ClN2O5S/c1-2-29-18-10-8-16(9-11-18)24-22(26)15-30-21-13-12-19(14-20(21)23)31(27,28)25-17-6-4-3-5-7-17/h3-14,25H,2,15H2,1H3,(H,24,26). The molecule has 0 spiro atoms. The fraction of sp³-hybridized carbons (Fsp3) is 0.136. The number of benzene rings is 3. The molecule has 0 fully saturated rings. The van der Waals surface area contributed by atoms with Crippen molar-refractivity contribution in [3.8, 4) is 11.5 Å². The van der Waals surface area contributed by atoms with E-state index in [1.54, 1.807) is 54.6 Å². The molecule has 0 saturated heterocycles. The second-order valence-corrected chi connectivity index (χ2v) is 8.45. The molecule has 0 aliphatic rings. The molecular formula is C22H21ClN2O5S. The fourth-order valence-electron chi connectivity index (χ4n) is 2.63. The predicted molar refractivity (Wildman–Crippen MR) is 120 cm³/mol. The highest BCUT2D eigenvalue weighted by Crippen LogP contribution is 2.28. The minimum atomic E-state index is -3.81. The Morgan fingerprint density at radius 1 is 0.935 bits per heavy atom. The van der Waals surface area contributed by atoms with Crippen molar-refractivity contribution in [1.82, 2.24) is 0 Å². The highest BCUT2D eigenvalue weighted by molar-refractivity contribution is 7.92. The number of amides is 1. The Balaban J connectivity index is 1.59. The van der Waals surface area contributed by atoms with E-state index in [0.29, 0.717) is 23.7 Å². The summed E-state index contributed by atoms with van der Waals surface area (Å²) in [7, 11) is -3.81. The van der Waals surface area contributed by atoms with Gasteiger partial charge in [0.15, 0.2) is 6.61 Å². The molecule has 0 aliphatic carbocycles. The molecular weight excluding hydrogens is 440 g/mol. The summed E-state index contributed by atoms with van der Waals surface area (Å²) in [5.41, 5.74) is 1.03. The van der Waals surface area contributed by atoms with Crippen molar-refractivity contribution in [2.24, 2.45) is 0 Å². The molecule has 1 amide bonds. The Morgan fingerprint density at radius 3 is 2.29 bits per heavy atom. The third-order valence-corrected chi connectivity index (χ3v) is 5.72. The van der Waals surface area contributed by atoms with Gasteiger partial charge in [-0.05, 0) is 61.5 Å². The average molecular weight is 461 g/mol. The summed E-state index contributed by atoms with van der Waals surface area (Å²) in [4.78, 5) is 12.1. The summed E-state index contributed by atoms with van der Waals surface area (Å²) in [6.45, 7) is 2.16. The Morgan fingerprint density at radius 2 is 1.65 bits per heavy atom. The number of anilines is 2. The lowest BCUT2D eigenvalue weighted by atomic mass is 10.3. The van der Waals surface area contributed by atoms with Crippen molar-refractivity contribution in [2.45, 2.75) is 11.8 Å². The van der Waals surface area contributed by atoms with Gasteiger partial charge in [0, 0.05) is 11.4 Å². The topological polar surface area (TPSA) is 93.7 Å². The number of carbonyl (C=O) groups excluding carboxylic acids is 1. The van der Waals surface area contributed by atoms with E-state index in [4.69, 9.17) is 21.1 Å². The minimum absolute atomic E-state index is 0.0208. The van der Waals surface area contributed by atoms with Crippen LogP contribution in [-0.2, 0) is 14.8 Å². The monoisotopic (exact) mass is 460 g/mol. The molecule has 3 aromatic carbocycles. The zero-order valence-corrected chi connectivity index (χ0v) is 18.2. The number of hydrogen-bond donors (Lipinski definition) is 2. The van der Waals surface area contributed by atoms with Crippen LogP contribution >= 0.6 is 11.6 Å². The van der Waals surface area contributed by atoms with Crippen LogP contribution in [0.15, 0.2) is 77.7 Å². The number of para-hydroxylation sites is 1. The SMILES string of the molecule is CCOc1ccc(NC(=O)COc2ccc(S(=O)(=O)Nc3ccccc3)cc2Cl)cc1. The first-order valence-electron chi connectivity index (χ1n) is 9.40. The summed E-state index contributed by atoms with van der Waals surface area (Å²) >= 11 is 6.17. The van der Waals surface area contributed by atoms with Gasteiger partial charge in [0.1, 0.15) is 11.5 Å². The quantitative estimate of drug-likeness (QED) is 0.488. The van der Waals surface area contributed by atoms with Crippen LogP contribution in [-0.4, -0.2) is 27.5 Å². The number of hydrogen-bond acceptors (Lipinski definition) is 5. The first-order chi connectivity index (χ1) is 14.9. The Labute approximate surface area is 186 Å². The highest BCUT2D eigenvalue weighted by atomic mass is 35.5. The third kappa shape index (κ3) is 6.37. The van der Waals surface area contributed by atoms with Gasteiger partial charge in [-0.1, -0.05) is 29.8 Å². The molecule has 0 aliphatic heterocycles. The van der Waals surface area contributed by atoms with Crippen molar-refractivity contribution in [1.29, 1.82) is 0 Å². The summed E-state index contributed by atoms with van der Waals surface area (Å²) in [5, 5.41) is 2.77. The van der Waals surface area contributed by atoms with Crippen LogP contribution in [0.2, 0.25) is 5.02 Å². The van der Waals surface area contributed by atoms with Crippen LogP contribution in [0.4, 0.5) is 11.4 Å². The second kappa shape index (κ2) is 10.2. The van der Waals surface area contributed by atoms with Crippen molar-refractivity contribution in [2.75, 3.05) is 23.3 Å². The molecule has 0 radical (unpaired) electrons. The van der Waals surface area contributed by atoms with Crippen LogP contribution in [0.1, 0.15) is 6.92 Å². The summed E-state index contributed by atoms with van der Waals surface area (Å²) in [6, 6.07) is 19.5. The van der Waals surface area contributed by atoms with Gasteiger partial charge in [-0.2, -0.15) is 0 Å². The number of ether oxygens (including phenoxy) is 2. The van der Waals surface area contributed by atoms with Crippen LogP contribution < -0.4 is 19.5 Å². The molecule has 0 unspecified atom stereocenters. The predicted octanol–water partition coefficient (Wildman–Crippen LogP) is 4.56. The molecule has 31 heavy (non-hydrogen) atoms. The molecule has 3 aromatic rings. The van der Waals surface area contributed by atoms with Crippen molar-refractivity contribution >= 4 is 38.9 Å². The highest BCUT2D eigenvalue weighted by Gasteiger charge is 2.17. The number of halogens is 1. The maximum atomic E-state index is 12.5. The molecule has 0 aromatic heterocycles. The minimum Gasteiger partial charge on any atom is -0.494 e. The zero-order chi connectivity index (χ0) is 22.3. The second-order valence-electron chi connectivity index (χ2n) is 6.36. The molecule has 9 heteroatoms. The van der Waals surface area contributed by atoms with Gasteiger partial charge in [-0.3, -0.25) is 9.52 Å². The van der Waals surface area contributed by atoms with Gasteiger partial charge in [0.05, 0.1) is 16.5 Å². The van der Waals surface area contributed by atoms with Crippen LogP contribution in [0.5, 0.6) is 11.5 Å². The number of nitrogens with one attached hydrogen (secondary N) is 2. The van der Waals surface area contributed by atoms with Gasteiger partial charge in [-0.15, -0.1) is 0 Å². The molecule has 0 atom stereocenters. The van der Waals surface area contributed by atoms with E-state index in [9.17, 15) is 13.2 Å². The van der Waals surface area contributed by atoms with Gasteiger partial charge in [0.25, 0.3) is 15.9 Å². The van der Waals surface area contributed by atoms with Crippen molar-refractivity contribution in [3.05, 3.63) is 77.8 Å². The van der Waals surface area contributed by atoms with Crippen molar-refractivity contribution < 1.29 is 22.7 Å². The zero-order valence-electron chi connectivity index (χ0n) is 16.7. The summed E-state index contributed by atoms with van der Waals surface area (Å²) < 4.78 is 38.3. The lowest BCUT2D eigenvalue weighted by molar-refractivity contribution is -0.118. The van der Waals surface area contributed by atoms with Crippen LogP contribution in [0.3, 0.4) is 0 Å². The Kier molecular flexibility index (Phi) is 7.38. The number of carbonyl (C=O) groups is 1. The largest absolute Gasteiger partial charge is 0.494 e. The van der Waals surface area contributed by atoms with E-state index in [0.717, 1.165) is 0 Å². The maximum Gasteiger partial charge on any atom is 0.262 e. The first-order valence-corrected chi connectivity index (χ1v) is 11.3. The van der Waals surface area contributed by atoms with E-state index < -0.39 is 10.0 Å². The van der Waals surface area contributed by atoms with E-state index in [1.807, 2.05) is 6.92 Å². The molecule has 0 bridgehead atoms. The Bertz CT molecular complexity index is 1140. The molecule has 3 rings (SSSR count). The van der Waals surface area contributed by atoms with E-state index in [2.05, 4.69) is 10.0 Å². The summed E-state index contributed by atoms with van der Waals surface area (Å²) in [5.74, 6) is 0.519. The van der Waals surface area contributed by atoms with Gasteiger partial charge >= 0.3 is 0 Å². The van der Waals surface area contributed by atoms with Gasteiger partial charge in [0.2, 0.25) is 0 Å². The molecule has 2 N–H and O–H groups in total. The molecule has 7 nitrogen and oxygen atoms in total. The van der Waals surface area contributed by atoms with Crippen LogP contribution in [0, 0.1) is 0 Å². The van der Waals surface area contributed by atoms with Gasteiger partial charge in [-0.25, -0.2) is 8.42 Å². The van der Waals surface area contributed by atoms with Crippen LogP contribution in [0.25, 0.3) is 0 Å². The molecule has 162 valence electrons. The fourth-order valence-corrected chi connectivity index (χ4v) is 4.01. The number of rotatable bonds is 9. The van der Waals surface area contributed by atoms with E-state index >= 15 is 0 Å². The molecule has 0 heterocycles. The van der Waals surface area contributed by atoms with E-state index in [-0.39, 0.29) is 28.2 Å². The molecule has 0 saturated carbocycles. The summed E-state index contributed by atoms with van der Waals surface area (Å²) in [6.07, 6.45) is 0. The lowest BCUT2D eigenvalue weighted by Gasteiger charge is -2.12. The van der Waals surface area contributed by atoms with Crippen molar-refractivity contribution in [3.63, 3.8) is 0 Å². The lowest BCUT2D eigenvalue weighted by Crippen LogP contribution is -2.20. The third-order valence-electron chi connectivity index (χ3n) is 4.05. The van der Waals surface area contributed by atoms with Gasteiger partial charge < -0.3 is 14.8 Å². The first kappa shape index (κ1) is 22.5. The van der Waals surface area contributed by atoms with E-state index in [1.165, 1.54) is 18.2 Å². The average Bonchev–Trinajstić information content (AvgIpc) is 2.75. The number of sulfonamides is 1. The normalized spacial score (nSPS) is 10.9. The smallest absolute Gasteiger partial charge is 0.262 e.